The van der Waals surface area contributed by atoms with Crippen molar-refractivity contribution in [1.82, 2.24) is 20.7 Å². The van der Waals surface area contributed by atoms with E-state index in [2.05, 4.69) is 38.4 Å². The number of nitrogens with zero attached hydrogens (tertiary/aromatic N) is 2. The second kappa shape index (κ2) is 8.71. The van der Waals surface area contributed by atoms with Crippen LogP contribution >= 0.6 is 23.8 Å². The summed E-state index contributed by atoms with van der Waals surface area (Å²) in [5.41, 5.74) is 8.56. The standard InChI is InChI=1S/C21H15ClFN5O2S/c22-16-8-12(20(29)30)9-25-19(16)27-28-21(31)26-18-14-2-1-3-17(23)13(14)5-4-11-6-7-24-10-15(11)18/h1-3,8-10,18H,4-5H2,(H,25,27)(H,29,30)(H2,26,28,31). The number of carbonyl (C=O) groups is 1. The number of hydrogen-bond donors (Lipinski definition) is 4. The molecular formula is C21H15ClFN5O2S. The van der Waals surface area contributed by atoms with Gasteiger partial charge in [0, 0.05) is 29.7 Å². The summed E-state index contributed by atoms with van der Waals surface area (Å²) >= 11 is 11.5. The number of fused-ring (bicyclic) bond motifs is 2. The van der Waals surface area contributed by atoms with Crippen molar-refractivity contribution in [3.8, 4) is 0 Å². The van der Waals surface area contributed by atoms with Crippen LogP contribution in [0, 0.1) is 18.1 Å². The summed E-state index contributed by atoms with van der Waals surface area (Å²) in [5, 5.41) is 12.5. The molecule has 0 spiro atoms. The van der Waals surface area contributed by atoms with Crippen LogP contribution in [0.5, 0.6) is 0 Å². The molecule has 4 rings (SSSR count). The van der Waals surface area contributed by atoms with Crippen molar-refractivity contribution in [3.05, 3.63) is 87.6 Å². The van der Waals surface area contributed by atoms with E-state index in [0.29, 0.717) is 18.4 Å². The molecule has 1 aliphatic carbocycles. The number of aromatic nitrogens is 2. The topological polar surface area (TPSA) is 99.2 Å². The minimum absolute atomic E-state index is 0.0366. The number of aromatic carboxylic acids is 1. The van der Waals surface area contributed by atoms with Gasteiger partial charge in [-0.3, -0.25) is 10.9 Å². The number of nitrogens with one attached hydrogen (secondary N) is 3. The minimum atomic E-state index is -1.13. The van der Waals surface area contributed by atoms with Crippen LogP contribution in [0.25, 0.3) is 0 Å². The summed E-state index contributed by atoms with van der Waals surface area (Å²) in [7, 11) is 0. The zero-order valence-electron chi connectivity index (χ0n) is 15.9. The lowest BCUT2D eigenvalue weighted by Crippen LogP contribution is -2.41. The summed E-state index contributed by atoms with van der Waals surface area (Å²) in [6.07, 6.45) is 6.68. The monoisotopic (exact) mass is 455 g/mol. The number of halogens is 2. The average Bonchev–Trinajstić information content (AvgIpc) is 2.91. The van der Waals surface area contributed by atoms with Gasteiger partial charge < -0.3 is 10.4 Å². The SMILES string of the molecule is O=C(O)c1cnc(NNC(=S)NC2c3cnc#cc3CCc3c(F)cccc32)c(Cl)c1. The lowest BCUT2D eigenvalue weighted by atomic mass is 9.96. The summed E-state index contributed by atoms with van der Waals surface area (Å²) < 4.78 is 14.5. The molecule has 0 bridgehead atoms. The van der Waals surface area contributed by atoms with Crippen molar-refractivity contribution in [1.29, 1.82) is 0 Å². The van der Waals surface area contributed by atoms with E-state index in [-0.39, 0.29) is 27.3 Å². The fourth-order valence-electron chi connectivity index (χ4n) is 3.42. The second-order valence-electron chi connectivity index (χ2n) is 6.75. The molecule has 0 amide bonds. The third kappa shape index (κ3) is 4.35. The number of rotatable bonds is 4. The Labute approximate surface area is 187 Å². The molecule has 1 aliphatic rings. The number of carboxylic acid groups (broad SMARTS) is 1. The molecule has 31 heavy (non-hydrogen) atoms. The zero-order valence-corrected chi connectivity index (χ0v) is 17.4. The van der Waals surface area contributed by atoms with Crippen molar-refractivity contribution in [2.24, 2.45) is 0 Å². The third-order valence-corrected chi connectivity index (χ3v) is 5.39. The lowest BCUT2D eigenvalue weighted by Gasteiger charge is -2.23. The number of carboxylic acids is 1. The quantitative estimate of drug-likeness (QED) is 0.351. The highest BCUT2D eigenvalue weighted by Crippen LogP contribution is 2.32. The van der Waals surface area contributed by atoms with Crippen molar-refractivity contribution in [3.63, 3.8) is 0 Å². The molecule has 0 fully saturated rings. The molecule has 0 saturated heterocycles. The van der Waals surface area contributed by atoms with Crippen molar-refractivity contribution >= 4 is 40.7 Å². The lowest BCUT2D eigenvalue weighted by molar-refractivity contribution is 0.0696. The van der Waals surface area contributed by atoms with E-state index in [4.69, 9.17) is 28.9 Å². The van der Waals surface area contributed by atoms with Gasteiger partial charge in [0.15, 0.2) is 10.9 Å². The van der Waals surface area contributed by atoms with Gasteiger partial charge in [-0.1, -0.05) is 23.7 Å². The van der Waals surface area contributed by atoms with Gasteiger partial charge in [0.1, 0.15) is 5.82 Å². The summed E-state index contributed by atoms with van der Waals surface area (Å²) in [6, 6.07) is 8.77. The van der Waals surface area contributed by atoms with E-state index in [1.54, 1.807) is 12.3 Å². The molecule has 2 heterocycles. The molecule has 7 nitrogen and oxygen atoms in total. The molecule has 10 heteroatoms. The Morgan fingerprint density at radius 2 is 2.13 bits per heavy atom. The number of pyridine rings is 1. The molecule has 2 aromatic heterocycles. The summed E-state index contributed by atoms with van der Waals surface area (Å²) in [4.78, 5) is 19.0. The highest BCUT2D eigenvalue weighted by Gasteiger charge is 2.26. The Bertz CT molecular complexity index is 1180. The predicted octanol–water partition coefficient (Wildman–Crippen LogP) is 3.25. The highest BCUT2D eigenvalue weighted by molar-refractivity contribution is 7.80. The van der Waals surface area contributed by atoms with Gasteiger partial charge in [-0.05, 0) is 54.4 Å². The number of hydrazine groups is 1. The smallest absolute Gasteiger partial charge is 0.337 e. The fraction of sp³-hybridized carbons (Fsp3) is 0.143. The molecule has 1 atom stereocenters. The average molecular weight is 456 g/mol. The van der Waals surface area contributed by atoms with Gasteiger partial charge in [0.2, 0.25) is 0 Å². The number of anilines is 1. The van der Waals surface area contributed by atoms with Crippen LogP contribution in [0.4, 0.5) is 10.2 Å². The second-order valence-corrected chi connectivity index (χ2v) is 7.57. The van der Waals surface area contributed by atoms with Gasteiger partial charge in [0.25, 0.3) is 0 Å². The van der Waals surface area contributed by atoms with Crippen molar-refractivity contribution in [2.45, 2.75) is 18.9 Å². The Hall–Kier alpha value is -3.48. The van der Waals surface area contributed by atoms with E-state index >= 15 is 0 Å². The van der Waals surface area contributed by atoms with Crippen LogP contribution in [0.1, 0.15) is 38.7 Å². The molecule has 0 aliphatic heterocycles. The predicted molar refractivity (Wildman–Crippen MR) is 116 cm³/mol. The van der Waals surface area contributed by atoms with Crippen LogP contribution in [0.15, 0.2) is 36.7 Å². The molecule has 0 saturated carbocycles. The largest absolute Gasteiger partial charge is 0.478 e. The Morgan fingerprint density at radius 1 is 1.29 bits per heavy atom. The van der Waals surface area contributed by atoms with E-state index in [0.717, 1.165) is 16.7 Å². The minimum Gasteiger partial charge on any atom is -0.478 e. The van der Waals surface area contributed by atoms with Gasteiger partial charge in [0.05, 0.1) is 16.6 Å². The van der Waals surface area contributed by atoms with Crippen LogP contribution in [-0.2, 0) is 12.8 Å². The van der Waals surface area contributed by atoms with E-state index in [1.165, 1.54) is 18.3 Å². The number of benzene rings is 1. The Balaban J connectivity index is 1.55. The van der Waals surface area contributed by atoms with Crippen LogP contribution in [0.2, 0.25) is 5.02 Å². The number of hydrogen-bond acceptors (Lipinski definition) is 5. The van der Waals surface area contributed by atoms with Gasteiger partial charge in [-0.25, -0.2) is 19.2 Å². The highest BCUT2D eigenvalue weighted by atomic mass is 35.5. The molecule has 1 unspecified atom stereocenters. The first kappa shape index (κ1) is 20.8. The van der Waals surface area contributed by atoms with Gasteiger partial charge >= 0.3 is 5.97 Å². The molecule has 156 valence electrons. The Morgan fingerprint density at radius 3 is 2.90 bits per heavy atom. The first-order valence-electron chi connectivity index (χ1n) is 9.20. The number of thiocarbonyl (C=S) groups is 1. The van der Waals surface area contributed by atoms with Crippen LogP contribution in [0.3, 0.4) is 0 Å². The van der Waals surface area contributed by atoms with Crippen molar-refractivity contribution in [2.75, 3.05) is 5.43 Å². The van der Waals surface area contributed by atoms with Crippen LogP contribution in [-0.4, -0.2) is 26.2 Å². The normalized spacial score (nSPS) is 14.3. The maximum Gasteiger partial charge on any atom is 0.337 e. The summed E-state index contributed by atoms with van der Waals surface area (Å²) in [6.45, 7) is 0. The third-order valence-electron chi connectivity index (χ3n) is 4.88. The van der Waals surface area contributed by atoms with Crippen LogP contribution < -0.4 is 16.2 Å². The van der Waals surface area contributed by atoms with Gasteiger partial charge in [-0.15, -0.1) is 0 Å². The Kier molecular flexibility index (Phi) is 5.84. The first-order valence-corrected chi connectivity index (χ1v) is 9.98. The van der Waals surface area contributed by atoms with E-state index in [9.17, 15) is 9.18 Å². The van der Waals surface area contributed by atoms with E-state index < -0.39 is 12.0 Å². The van der Waals surface area contributed by atoms with Crippen molar-refractivity contribution < 1.29 is 14.3 Å². The first-order chi connectivity index (χ1) is 14.9. The maximum absolute atomic E-state index is 14.5. The summed E-state index contributed by atoms with van der Waals surface area (Å²) in [5.74, 6) is -1.21. The molecule has 1 aromatic carbocycles. The molecule has 4 N–H and O–H groups in total. The maximum atomic E-state index is 14.5. The van der Waals surface area contributed by atoms with E-state index in [1.807, 2.05) is 6.07 Å². The zero-order chi connectivity index (χ0) is 22.0. The molecular weight excluding hydrogens is 441 g/mol. The molecule has 0 radical (unpaired) electrons. The van der Waals surface area contributed by atoms with Gasteiger partial charge in [-0.2, -0.15) is 0 Å². The fourth-order valence-corrected chi connectivity index (χ4v) is 3.80. The molecule has 3 aromatic rings.